The van der Waals surface area contributed by atoms with Gasteiger partial charge in [-0.3, -0.25) is 0 Å². The number of nitrogens with two attached hydrogens (primary N) is 1. The van der Waals surface area contributed by atoms with Crippen LogP contribution in [-0.2, 0) is 5.60 Å². The molecule has 82 valence electrons. The number of hydrogen-bond donors (Lipinski definition) is 3. The molecule has 2 rings (SSSR count). The average molecular weight is 210 g/mol. The molecule has 15 heavy (non-hydrogen) atoms. The van der Waals surface area contributed by atoms with E-state index in [2.05, 4.69) is 5.32 Å². The Morgan fingerprint density at radius 3 is 2.67 bits per heavy atom. The van der Waals surface area contributed by atoms with Gasteiger partial charge in [0.05, 0.1) is 5.60 Å². The van der Waals surface area contributed by atoms with Crippen LogP contribution in [0.5, 0.6) is 0 Å². The number of anilines is 1. The van der Waals surface area contributed by atoms with Gasteiger partial charge in [0.25, 0.3) is 0 Å². The van der Waals surface area contributed by atoms with E-state index in [0.717, 1.165) is 13.1 Å². The number of halogens is 1. The Kier molecular flexibility index (Phi) is 2.63. The van der Waals surface area contributed by atoms with Gasteiger partial charge in [-0.2, -0.15) is 0 Å². The second kappa shape index (κ2) is 3.79. The fraction of sp³-hybridized carbons (Fsp3) is 0.455. The van der Waals surface area contributed by atoms with Crippen LogP contribution in [0.1, 0.15) is 18.4 Å². The van der Waals surface area contributed by atoms with E-state index in [1.807, 2.05) is 0 Å². The summed E-state index contributed by atoms with van der Waals surface area (Å²) in [5, 5.41) is 13.5. The molecule has 1 aromatic carbocycles. The fourth-order valence-electron chi connectivity index (χ4n) is 2.04. The molecule has 1 aromatic rings. The minimum absolute atomic E-state index is 0.355. The van der Waals surface area contributed by atoms with Crippen LogP contribution in [0, 0.1) is 5.82 Å². The molecule has 0 spiro atoms. The van der Waals surface area contributed by atoms with Crippen LogP contribution in [0.3, 0.4) is 0 Å². The third-order valence-corrected chi connectivity index (χ3v) is 2.95. The summed E-state index contributed by atoms with van der Waals surface area (Å²) in [6, 6.07) is 4.15. The first kappa shape index (κ1) is 10.4. The Morgan fingerprint density at radius 1 is 1.33 bits per heavy atom. The van der Waals surface area contributed by atoms with E-state index >= 15 is 0 Å². The van der Waals surface area contributed by atoms with E-state index in [0.29, 0.717) is 24.1 Å². The first-order valence-corrected chi connectivity index (χ1v) is 5.10. The van der Waals surface area contributed by atoms with Crippen molar-refractivity contribution in [3.8, 4) is 0 Å². The molecular formula is C11H15FN2O. The Morgan fingerprint density at radius 2 is 2.00 bits per heavy atom. The fourth-order valence-corrected chi connectivity index (χ4v) is 2.04. The van der Waals surface area contributed by atoms with Crippen molar-refractivity contribution in [1.82, 2.24) is 5.32 Å². The topological polar surface area (TPSA) is 58.3 Å². The van der Waals surface area contributed by atoms with Gasteiger partial charge in [0.15, 0.2) is 0 Å². The molecule has 4 heteroatoms. The SMILES string of the molecule is Nc1ccc(F)cc1C1(O)CCNCC1. The van der Waals surface area contributed by atoms with Crippen molar-refractivity contribution in [2.75, 3.05) is 18.8 Å². The van der Waals surface area contributed by atoms with Crippen LogP contribution < -0.4 is 11.1 Å². The van der Waals surface area contributed by atoms with Gasteiger partial charge in [0.1, 0.15) is 5.82 Å². The van der Waals surface area contributed by atoms with E-state index in [-0.39, 0.29) is 5.82 Å². The molecule has 1 heterocycles. The second-order valence-electron chi connectivity index (χ2n) is 4.01. The maximum atomic E-state index is 13.1. The number of rotatable bonds is 1. The van der Waals surface area contributed by atoms with Crippen molar-refractivity contribution < 1.29 is 9.50 Å². The van der Waals surface area contributed by atoms with Crippen LogP contribution in [0.2, 0.25) is 0 Å². The van der Waals surface area contributed by atoms with Gasteiger partial charge in [0, 0.05) is 11.3 Å². The maximum absolute atomic E-state index is 13.1. The van der Waals surface area contributed by atoms with Gasteiger partial charge in [-0.1, -0.05) is 0 Å². The molecule has 3 nitrogen and oxygen atoms in total. The molecule has 0 aromatic heterocycles. The summed E-state index contributed by atoms with van der Waals surface area (Å²) in [5.41, 5.74) is 5.76. The Bertz CT molecular complexity index is 362. The molecule has 0 saturated carbocycles. The quantitative estimate of drug-likeness (QED) is 0.605. The number of aliphatic hydroxyl groups is 1. The summed E-state index contributed by atoms with van der Waals surface area (Å²) in [7, 11) is 0. The highest BCUT2D eigenvalue weighted by atomic mass is 19.1. The van der Waals surface area contributed by atoms with Crippen molar-refractivity contribution in [3.63, 3.8) is 0 Å². The molecule has 0 bridgehead atoms. The van der Waals surface area contributed by atoms with E-state index in [4.69, 9.17) is 5.73 Å². The molecule has 0 aliphatic carbocycles. The summed E-state index contributed by atoms with van der Waals surface area (Å²) >= 11 is 0. The Labute approximate surface area is 88.1 Å². The largest absolute Gasteiger partial charge is 0.398 e. The number of nitrogen functional groups attached to an aromatic ring is 1. The van der Waals surface area contributed by atoms with Crippen LogP contribution in [0.15, 0.2) is 18.2 Å². The maximum Gasteiger partial charge on any atom is 0.123 e. The van der Waals surface area contributed by atoms with E-state index < -0.39 is 5.60 Å². The van der Waals surface area contributed by atoms with E-state index in [9.17, 15) is 9.50 Å². The monoisotopic (exact) mass is 210 g/mol. The number of piperidine rings is 1. The van der Waals surface area contributed by atoms with Gasteiger partial charge >= 0.3 is 0 Å². The van der Waals surface area contributed by atoms with Crippen molar-refractivity contribution >= 4 is 5.69 Å². The second-order valence-corrected chi connectivity index (χ2v) is 4.01. The molecule has 1 aliphatic rings. The van der Waals surface area contributed by atoms with Gasteiger partial charge in [-0.25, -0.2) is 4.39 Å². The lowest BCUT2D eigenvalue weighted by atomic mass is 9.84. The summed E-state index contributed by atoms with van der Waals surface area (Å²) < 4.78 is 13.1. The molecule has 0 amide bonds. The van der Waals surface area contributed by atoms with E-state index in [1.165, 1.54) is 18.2 Å². The Balaban J connectivity index is 2.38. The van der Waals surface area contributed by atoms with Gasteiger partial charge in [-0.15, -0.1) is 0 Å². The molecule has 0 unspecified atom stereocenters. The van der Waals surface area contributed by atoms with Gasteiger partial charge in [-0.05, 0) is 44.1 Å². The highest BCUT2D eigenvalue weighted by Crippen LogP contribution is 2.34. The third kappa shape index (κ3) is 1.96. The summed E-state index contributed by atoms with van der Waals surface area (Å²) in [6.45, 7) is 1.46. The Hall–Kier alpha value is -1.13. The van der Waals surface area contributed by atoms with Crippen LogP contribution in [0.4, 0.5) is 10.1 Å². The highest BCUT2D eigenvalue weighted by molar-refractivity contribution is 5.50. The summed E-state index contributed by atoms with van der Waals surface area (Å²) in [4.78, 5) is 0. The van der Waals surface area contributed by atoms with Crippen molar-refractivity contribution in [3.05, 3.63) is 29.6 Å². The van der Waals surface area contributed by atoms with Crippen LogP contribution in [-0.4, -0.2) is 18.2 Å². The highest BCUT2D eigenvalue weighted by Gasteiger charge is 2.32. The molecular weight excluding hydrogens is 195 g/mol. The molecule has 1 fully saturated rings. The minimum Gasteiger partial charge on any atom is -0.398 e. The lowest BCUT2D eigenvalue weighted by molar-refractivity contribution is 0.00640. The summed E-state index contributed by atoms with van der Waals surface area (Å²) in [6.07, 6.45) is 1.14. The predicted molar refractivity (Wildman–Crippen MR) is 56.8 cm³/mol. The lowest BCUT2D eigenvalue weighted by Crippen LogP contribution is -2.40. The molecule has 1 saturated heterocycles. The molecule has 4 N–H and O–H groups in total. The third-order valence-electron chi connectivity index (χ3n) is 2.95. The lowest BCUT2D eigenvalue weighted by Gasteiger charge is -2.33. The van der Waals surface area contributed by atoms with Gasteiger partial charge < -0.3 is 16.2 Å². The molecule has 1 aliphatic heterocycles. The zero-order valence-corrected chi connectivity index (χ0v) is 8.46. The van der Waals surface area contributed by atoms with Crippen molar-refractivity contribution in [1.29, 1.82) is 0 Å². The zero-order valence-electron chi connectivity index (χ0n) is 8.46. The zero-order chi connectivity index (χ0) is 10.9. The van der Waals surface area contributed by atoms with Gasteiger partial charge in [0.2, 0.25) is 0 Å². The number of nitrogens with one attached hydrogen (secondary N) is 1. The van der Waals surface area contributed by atoms with Crippen LogP contribution in [0.25, 0.3) is 0 Å². The van der Waals surface area contributed by atoms with Crippen molar-refractivity contribution in [2.24, 2.45) is 0 Å². The van der Waals surface area contributed by atoms with E-state index in [1.54, 1.807) is 0 Å². The van der Waals surface area contributed by atoms with Crippen molar-refractivity contribution in [2.45, 2.75) is 18.4 Å². The first-order valence-electron chi connectivity index (χ1n) is 5.10. The molecule has 0 atom stereocenters. The molecule has 0 radical (unpaired) electrons. The average Bonchev–Trinajstić information content (AvgIpc) is 2.23. The summed E-state index contributed by atoms with van der Waals surface area (Å²) in [5.74, 6) is -0.355. The number of hydrogen-bond acceptors (Lipinski definition) is 3. The number of benzene rings is 1. The van der Waals surface area contributed by atoms with Crippen LogP contribution >= 0.6 is 0 Å². The predicted octanol–water partition coefficient (Wildman–Crippen LogP) is 0.979. The smallest absolute Gasteiger partial charge is 0.123 e. The minimum atomic E-state index is -0.975. The normalized spacial score (nSPS) is 20.1. The standard InChI is InChI=1S/C11H15FN2O/c12-8-1-2-10(13)9(7-8)11(15)3-5-14-6-4-11/h1-2,7,14-15H,3-6,13H2. The first-order chi connectivity index (χ1) is 7.12.